The van der Waals surface area contributed by atoms with Crippen molar-refractivity contribution in [3.8, 4) is 0 Å². The van der Waals surface area contributed by atoms with Crippen molar-refractivity contribution in [2.45, 2.75) is 46.1 Å². The lowest BCUT2D eigenvalue weighted by molar-refractivity contribution is -0.385. The zero-order chi connectivity index (χ0) is 17.8. The second-order valence-electron chi connectivity index (χ2n) is 6.07. The molecule has 2 amide bonds. The Balaban J connectivity index is 2.83. The van der Waals surface area contributed by atoms with Gasteiger partial charge in [-0.15, -0.1) is 0 Å². The standard InChI is InChI=1S/C15H21N3O5/c1-9-7-10(2)12(18(22)23)8-11(9)16-14(21)17-15(3,4)6-5-13(19)20/h7-8H,5-6H2,1-4H3,(H,19,20)(H2,16,17,21). The first-order valence-corrected chi connectivity index (χ1v) is 7.08. The SMILES string of the molecule is Cc1cc(C)c([N+](=O)[O-])cc1NC(=O)NC(C)(C)CCC(=O)O. The first-order chi connectivity index (χ1) is 10.5. The average Bonchev–Trinajstić information content (AvgIpc) is 2.38. The third-order valence-corrected chi connectivity index (χ3v) is 3.40. The molecular formula is C15H21N3O5. The van der Waals surface area contributed by atoms with Crippen molar-refractivity contribution < 1.29 is 19.6 Å². The minimum Gasteiger partial charge on any atom is -0.481 e. The Bertz CT molecular complexity index is 640. The van der Waals surface area contributed by atoms with Crippen LogP contribution in [-0.2, 0) is 4.79 Å². The molecule has 1 aromatic carbocycles. The molecule has 3 N–H and O–H groups in total. The van der Waals surface area contributed by atoms with Crippen molar-refractivity contribution in [2.24, 2.45) is 0 Å². The number of nitro benzene ring substituents is 1. The van der Waals surface area contributed by atoms with Gasteiger partial charge in [0.25, 0.3) is 5.69 Å². The van der Waals surface area contributed by atoms with E-state index in [0.29, 0.717) is 16.8 Å². The molecule has 0 unspecified atom stereocenters. The van der Waals surface area contributed by atoms with Crippen LogP contribution in [-0.4, -0.2) is 27.6 Å². The lowest BCUT2D eigenvalue weighted by Crippen LogP contribution is -2.45. The Morgan fingerprint density at radius 3 is 2.39 bits per heavy atom. The zero-order valence-electron chi connectivity index (χ0n) is 13.6. The van der Waals surface area contributed by atoms with Gasteiger partial charge in [-0.3, -0.25) is 14.9 Å². The van der Waals surface area contributed by atoms with E-state index >= 15 is 0 Å². The number of nitrogens with one attached hydrogen (secondary N) is 2. The summed E-state index contributed by atoms with van der Waals surface area (Å²) in [5.41, 5.74) is 0.768. The molecule has 0 bridgehead atoms. The van der Waals surface area contributed by atoms with Gasteiger partial charge in [0.2, 0.25) is 0 Å². The molecule has 0 aliphatic carbocycles. The summed E-state index contributed by atoms with van der Waals surface area (Å²) in [6, 6.07) is 2.40. The molecule has 0 aliphatic rings. The van der Waals surface area contributed by atoms with Crippen LogP contribution in [0.15, 0.2) is 12.1 Å². The molecule has 0 atom stereocenters. The van der Waals surface area contributed by atoms with Crippen LogP contribution >= 0.6 is 0 Å². The van der Waals surface area contributed by atoms with Gasteiger partial charge in [0.1, 0.15) is 0 Å². The number of aryl methyl sites for hydroxylation is 2. The van der Waals surface area contributed by atoms with Gasteiger partial charge in [-0.1, -0.05) is 0 Å². The molecule has 0 heterocycles. The number of nitrogens with zero attached hydrogens (tertiary/aromatic N) is 1. The largest absolute Gasteiger partial charge is 0.481 e. The fraction of sp³-hybridized carbons (Fsp3) is 0.467. The summed E-state index contributed by atoms with van der Waals surface area (Å²) in [6.45, 7) is 6.78. The highest BCUT2D eigenvalue weighted by Gasteiger charge is 2.22. The number of rotatable bonds is 6. The average molecular weight is 323 g/mol. The van der Waals surface area contributed by atoms with E-state index in [-0.39, 0.29) is 18.5 Å². The second-order valence-corrected chi connectivity index (χ2v) is 6.07. The van der Waals surface area contributed by atoms with E-state index < -0.39 is 22.5 Å². The molecule has 8 nitrogen and oxygen atoms in total. The fourth-order valence-corrected chi connectivity index (χ4v) is 2.12. The van der Waals surface area contributed by atoms with E-state index in [1.165, 1.54) is 6.07 Å². The molecule has 1 aromatic rings. The number of hydrogen-bond donors (Lipinski definition) is 3. The third kappa shape index (κ3) is 5.57. The maximum Gasteiger partial charge on any atom is 0.319 e. The molecule has 8 heteroatoms. The molecule has 0 saturated carbocycles. The van der Waals surface area contributed by atoms with Crippen molar-refractivity contribution in [1.29, 1.82) is 0 Å². The minimum absolute atomic E-state index is 0.0672. The van der Waals surface area contributed by atoms with Crippen LogP contribution in [0.5, 0.6) is 0 Å². The van der Waals surface area contributed by atoms with Gasteiger partial charge in [-0.2, -0.15) is 0 Å². The number of benzene rings is 1. The molecular weight excluding hydrogens is 302 g/mol. The van der Waals surface area contributed by atoms with Crippen LogP contribution in [0.4, 0.5) is 16.2 Å². The molecule has 0 aromatic heterocycles. The molecule has 126 valence electrons. The van der Waals surface area contributed by atoms with Crippen molar-refractivity contribution in [3.63, 3.8) is 0 Å². The predicted molar refractivity (Wildman–Crippen MR) is 85.7 cm³/mol. The molecule has 23 heavy (non-hydrogen) atoms. The van der Waals surface area contributed by atoms with E-state index in [2.05, 4.69) is 10.6 Å². The number of carboxylic acids is 1. The van der Waals surface area contributed by atoms with E-state index in [9.17, 15) is 19.7 Å². The maximum absolute atomic E-state index is 12.1. The highest BCUT2D eigenvalue weighted by molar-refractivity contribution is 5.91. The van der Waals surface area contributed by atoms with Gasteiger partial charge in [-0.05, 0) is 45.7 Å². The molecule has 0 saturated heterocycles. The van der Waals surface area contributed by atoms with Gasteiger partial charge in [0.15, 0.2) is 0 Å². The monoisotopic (exact) mass is 323 g/mol. The van der Waals surface area contributed by atoms with Crippen molar-refractivity contribution in [1.82, 2.24) is 5.32 Å². The van der Waals surface area contributed by atoms with E-state index in [1.807, 2.05) is 0 Å². The van der Waals surface area contributed by atoms with Crippen LogP contribution in [0.3, 0.4) is 0 Å². The van der Waals surface area contributed by atoms with Crippen LogP contribution in [0.2, 0.25) is 0 Å². The number of anilines is 1. The summed E-state index contributed by atoms with van der Waals surface area (Å²) in [4.78, 5) is 33.1. The summed E-state index contributed by atoms with van der Waals surface area (Å²) >= 11 is 0. The normalized spacial score (nSPS) is 11.0. The Morgan fingerprint density at radius 1 is 1.26 bits per heavy atom. The molecule has 0 radical (unpaired) electrons. The highest BCUT2D eigenvalue weighted by Crippen LogP contribution is 2.26. The van der Waals surface area contributed by atoms with Crippen molar-refractivity contribution in [3.05, 3.63) is 33.4 Å². The Morgan fingerprint density at radius 2 is 1.87 bits per heavy atom. The lowest BCUT2D eigenvalue weighted by Gasteiger charge is -2.26. The number of carbonyl (C=O) groups excluding carboxylic acids is 1. The Hall–Kier alpha value is -2.64. The van der Waals surface area contributed by atoms with Crippen LogP contribution < -0.4 is 10.6 Å². The molecule has 0 aliphatic heterocycles. The van der Waals surface area contributed by atoms with Crippen molar-refractivity contribution >= 4 is 23.4 Å². The Kier molecular flexibility index (Phi) is 5.67. The maximum atomic E-state index is 12.1. The summed E-state index contributed by atoms with van der Waals surface area (Å²) < 4.78 is 0. The molecule has 0 fully saturated rings. The minimum atomic E-state index is -0.940. The van der Waals surface area contributed by atoms with E-state index in [0.717, 1.165) is 0 Å². The number of hydrogen-bond acceptors (Lipinski definition) is 4. The van der Waals surface area contributed by atoms with Crippen LogP contribution in [0.25, 0.3) is 0 Å². The van der Waals surface area contributed by atoms with Gasteiger partial charge in [0.05, 0.1) is 10.6 Å². The van der Waals surface area contributed by atoms with E-state index in [1.54, 1.807) is 33.8 Å². The topological polar surface area (TPSA) is 122 Å². The van der Waals surface area contributed by atoms with Gasteiger partial charge < -0.3 is 15.7 Å². The predicted octanol–water partition coefficient (Wildman–Crippen LogP) is 2.98. The third-order valence-electron chi connectivity index (χ3n) is 3.40. The number of carbonyl (C=O) groups is 2. The smallest absolute Gasteiger partial charge is 0.319 e. The van der Waals surface area contributed by atoms with Gasteiger partial charge >= 0.3 is 12.0 Å². The number of carboxylic acid groups (broad SMARTS) is 1. The fourth-order valence-electron chi connectivity index (χ4n) is 2.12. The molecule has 0 spiro atoms. The van der Waals surface area contributed by atoms with Crippen LogP contribution in [0.1, 0.15) is 37.8 Å². The number of nitro groups is 1. The van der Waals surface area contributed by atoms with Crippen molar-refractivity contribution in [2.75, 3.05) is 5.32 Å². The zero-order valence-corrected chi connectivity index (χ0v) is 13.6. The number of amides is 2. The van der Waals surface area contributed by atoms with Gasteiger partial charge in [-0.25, -0.2) is 4.79 Å². The quantitative estimate of drug-likeness (QED) is 0.549. The van der Waals surface area contributed by atoms with E-state index in [4.69, 9.17) is 5.11 Å². The summed E-state index contributed by atoms with van der Waals surface area (Å²) in [6.07, 6.45) is 0.199. The first kappa shape index (κ1) is 18.4. The molecule has 1 rings (SSSR count). The number of aliphatic carboxylic acids is 1. The second kappa shape index (κ2) is 7.08. The summed E-state index contributed by atoms with van der Waals surface area (Å²) in [5.74, 6) is -0.940. The highest BCUT2D eigenvalue weighted by atomic mass is 16.6. The summed E-state index contributed by atoms with van der Waals surface area (Å²) in [5, 5.41) is 24.9. The van der Waals surface area contributed by atoms with Gasteiger partial charge in [0, 0.05) is 23.6 Å². The summed E-state index contributed by atoms with van der Waals surface area (Å²) in [7, 11) is 0. The van der Waals surface area contributed by atoms with Crippen LogP contribution in [0, 0.1) is 24.0 Å². The lowest BCUT2D eigenvalue weighted by atomic mass is 9.99. The Labute approximate surface area is 134 Å². The first-order valence-electron chi connectivity index (χ1n) is 7.08. The number of urea groups is 1.